The fraction of sp³-hybridized carbons (Fsp3) is 0.385. The normalized spacial score (nSPS) is 19.6. The molecule has 4 aromatic rings. The average molecular weight is 563 g/mol. The molecule has 0 bridgehead atoms. The second-order valence-corrected chi connectivity index (χ2v) is 10.9. The van der Waals surface area contributed by atoms with Crippen LogP contribution in [0.2, 0.25) is 0 Å². The van der Waals surface area contributed by atoms with E-state index in [0.29, 0.717) is 28.5 Å². The molecule has 1 aliphatic rings. The third kappa shape index (κ3) is 4.46. The van der Waals surface area contributed by atoms with E-state index in [9.17, 15) is 10.1 Å². The van der Waals surface area contributed by atoms with Gasteiger partial charge in [-0.1, -0.05) is 6.92 Å². The summed E-state index contributed by atoms with van der Waals surface area (Å²) < 4.78 is 7.87. The summed E-state index contributed by atoms with van der Waals surface area (Å²) in [5.74, 6) is 0.978. The van der Waals surface area contributed by atoms with Crippen LogP contribution in [0.4, 0.5) is 5.95 Å². The van der Waals surface area contributed by atoms with Crippen molar-refractivity contribution in [2.45, 2.75) is 51.5 Å². The van der Waals surface area contributed by atoms with E-state index >= 15 is 0 Å². The van der Waals surface area contributed by atoms with Crippen molar-refractivity contribution in [3.05, 3.63) is 47.0 Å². The van der Waals surface area contributed by atoms with Gasteiger partial charge < -0.3 is 15.1 Å². The van der Waals surface area contributed by atoms with E-state index in [4.69, 9.17) is 9.40 Å². The largest absolute Gasteiger partial charge is 0.445 e. The molecule has 10 nitrogen and oxygen atoms in total. The minimum atomic E-state index is -0.804. The molecule has 1 aliphatic carbocycles. The third-order valence-electron chi connectivity index (χ3n) is 7.09. The maximum absolute atomic E-state index is 12.3. The first-order valence-corrected chi connectivity index (χ1v) is 12.8. The highest BCUT2D eigenvalue weighted by molar-refractivity contribution is 9.10. The molecule has 3 heterocycles. The highest BCUT2D eigenvalue weighted by atomic mass is 79.9. The van der Waals surface area contributed by atoms with Crippen molar-refractivity contribution >= 4 is 38.8 Å². The van der Waals surface area contributed by atoms with Gasteiger partial charge in [0.25, 0.3) is 0 Å². The molecular formula is C26H27BrN8O2. The summed E-state index contributed by atoms with van der Waals surface area (Å²) in [5, 5.41) is 21.5. The molecule has 0 spiro atoms. The van der Waals surface area contributed by atoms with E-state index in [2.05, 4.69) is 47.7 Å². The second kappa shape index (κ2) is 9.27. The zero-order valence-electron chi connectivity index (χ0n) is 21.0. The summed E-state index contributed by atoms with van der Waals surface area (Å²) in [6.45, 7) is 5.70. The van der Waals surface area contributed by atoms with Gasteiger partial charge in [-0.3, -0.25) is 4.79 Å². The quantitative estimate of drug-likeness (QED) is 0.343. The van der Waals surface area contributed by atoms with Gasteiger partial charge >= 0.3 is 0 Å². The Morgan fingerprint density at radius 3 is 2.86 bits per heavy atom. The Morgan fingerprint density at radius 1 is 1.35 bits per heavy atom. The van der Waals surface area contributed by atoms with Gasteiger partial charge in [0.2, 0.25) is 17.7 Å². The smallest absolute Gasteiger partial charge is 0.226 e. The lowest BCUT2D eigenvalue weighted by atomic mass is 9.83. The summed E-state index contributed by atoms with van der Waals surface area (Å²) >= 11 is 3.53. The summed E-state index contributed by atoms with van der Waals surface area (Å²) in [6.07, 6.45) is 7.17. The predicted octanol–water partition coefficient (Wildman–Crippen LogP) is 4.75. The highest BCUT2D eigenvalue weighted by Gasteiger charge is 2.41. The van der Waals surface area contributed by atoms with Gasteiger partial charge in [-0.2, -0.15) is 15.3 Å². The van der Waals surface area contributed by atoms with Gasteiger partial charge in [-0.25, -0.2) is 14.6 Å². The van der Waals surface area contributed by atoms with Crippen LogP contribution >= 0.6 is 15.9 Å². The van der Waals surface area contributed by atoms with Crippen LogP contribution < -0.4 is 10.6 Å². The Bertz CT molecular complexity index is 1520. The number of halogens is 1. The molecule has 11 heteroatoms. The number of benzene rings is 1. The summed E-state index contributed by atoms with van der Waals surface area (Å²) in [6, 6.07) is 8.17. The minimum Gasteiger partial charge on any atom is -0.445 e. The Balaban J connectivity index is 1.53. The predicted molar refractivity (Wildman–Crippen MR) is 142 cm³/mol. The van der Waals surface area contributed by atoms with Gasteiger partial charge in [0.05, 0.1) is 28.8 Å². The van der Waals surface area contributed by atoms with Crippen molar-refractivity contribution in [3.63, 3.8) is 0 Å². The number of aromatic nitrogens is 5. The van der Waals surface area contributed by atoms with Crippen LogP contribution in [0.3, 0.4) is 0 Å². The Kier molecular flexibility index (Phi) is 6.23. The molecule has 1 fully saturated rings. The number of amides is 1. The molecule has 3 aromatic heterocycles. The van der Waals surface area contributed by atoms with Gasteiger partial charge in [-0.05, 0) is 72.8 Å². The number of nitrogens with zero attached hydrogens (tertiary/aromatic N) is 6. The number of nitriles is 1. The molecule has 0 aliphatic heterocycles. The van der Waals surface area contributed by atoms with Crippen LogP contribution in [0.15, 0.2) is 45.9 Å². The molecule has 190 valence electrons. The van der Waals surface area contributed by atoms with E-state index in [1.165, 1.54) is 6.26 Å². The van der Waals surface area contributed by atoms with E-state index in [0.717, 1.165) is 35.0 Å². The van der Waals surface area contributed by atoms with Crippen LogP contribution in [0.5, 0.6) is 0 Å². The minimum absolute atomic E-state index is 0.0551. The lowest BCUT2D eigenvalue weighted by Crippen LogP contribution is -2.35. The Morgan fingerprint density at radius 2 is 2.16 bits per heavy atom. The number of hydrogen-bond acceptors (Lipinski definition) is 8. The molecule has 2 atom stereocenters. The molecular weight excluding hydrogens is 536 g/mol. The van der Waals surface area contributed by atoms with E-state index < -0.39 is 10.8 Å². The fourth-order valence-corrected chi connectivity index (χ4v) is 5.40. The Labute approximate surface area is 222 Å². The van der Waals surface area contributed by atoms with Crippen LogP contribution in [-0.4, -0.2) is 43.7 Å². The zero-order chi connectivity index (χ0) is 26.4. The number of hydrogen-bond donors (Lipinski definition) is 2. The molecule has 1 saturated carbocycles. The van der Waals surface area contributed by atoms with Gasteiger partial charge in [-0.15, -0.1) is 0 Å². The molecule has 5 rings (SSSR count). The van der Waals surface area contributed by atoms with Crippen molar-refractivity contribution < 1.29 is 9.21 Å². The van der Waals surface area contributed by atoms with E-state index in [1.807, 2.05) is 39.0 Å². The zero-order valence-corrected chi connectivity index (χ0v) is 22.6. The van der Waals surface area contributed by atoms with Gasteiger partial charge in [0, 0.05) is 30.3 Å². The maximum Gasteiger partial charge on any atom is 0.226 e. The van der Waals surface area contributed by atoms with Crippen LogP contribution in [0.1, 0.15) is 45.6 Å². The van der Waals surface area contributed by atoms with Crippen molar-refractivity contribution in [1.29, 1.82) is 5.26 Å². The van der Waals surface area contributed by atoms with Gasteiger partial charge in [0.15, 0.2) is 5.65 Å². The third-order valence-corrected chi connectivity index (χ3v) is 7.68. The number of nitrogens with one attached hydrogen (secondary N) is 2. The Hall–Kier alpha value is -3.78. The maximum atomic E-state index is 12.3. The second-order valence-electron chi connectivity index (χ2n) is 10.2. The number of carbonyl (C=O) groups is 1. The number of rotatable bonds is 6. The highest BCUT2D eigenvalue weighted by Crippen LogP contribution is 2.39. The van der Waals surface area contributed by atoms with Crippen molar-refractivity contribution in [2.24, 2.45) is 5.41 Å². The summed E-state index contributed by atoms with van der Waals surface area (Å²) in [7, 11) is 1.67. The first kappa shape index (κ1) is 24.9. The molecule has 2 N–H and O–H groups in total. The number of fused-ring (bicyclic) bond motifs is 1. The van der Waals surface area contributed by atoms with Crippen molar-refractivity contribution in [3.8, 4) is 23.2 Å². The SMILES string of the molecule is CNC(=O)[C@]1(C)CC[C@@H](Nc2ncc3c(Br)nn(-c4ccc(-c5ncco5)c(C(C)(C)C#N)c4)c3n2)C1. The molecule has 1 aromatic carbocycles. The number of oxazole rings is 1. The van der Waals surface area contributed by atoms with E-state index in [-0.39, 0.29) is 11.9 Å². The van der Waals surface area contributed by atoms with Crippen molar-refractivity contribution in [2.75, 3.05) is 12.4 Å². The number of carbonyl (C=O) groups excluding carboxylic acids is 1. The van der Waals surface area contributed by atoms with Gasteiger partial charge in [0.1, 0.15) is 10.9 Å². The monoisotopic (exact) mass is 562 g/mol. The van der Waals surface area contributed by atoms with E-state index in [1.54, 1.807) is 24.1 Å². The molecule has 0 unspecified atom stereocenters. The van der Waals surface area contributed by atoms with Crippen LogP contribution in [0, 0.1) is 16.7 Å². The van der Waals surface area contributed by atoms with Crippen molar-refractivity contribution in [1.82, 2.24) is 30.0 Å². The molecule has 1 amide bonds. The summed E-state index contributed by atoms with van der Waals surface area (Å²) in [5.41, 5.74) is 1.65. The lowest BCUT2D eigenvalue weighted by molar-refractivity contribution is -0.129. The molecule has 37 heavy (non-hydrogen) atoms. The standard InChI is InChI=1S/C26H27BrN8O2/c1-25(2,14-28)19-11-16(5-6-17(19)22-30-9-10-37-22)35-21-18(20(27)34-35)13-31-24(33-21)32-15-7-8-26(3,12-15)23(36)29-4/h5-6,9-11,13,15H,7-8,12H2,1-4H3,(H,29,36)(H,31,32,33)/t15-,26-/m1/s1. The van der Waals surface area contributed by atoms with Crippen LogP contribution in [-0.2, 0) is 10.2 Å². The topological polar surface area (TPSA) is 135 Å². The average Bonchev–Trinajstić information content (AvgIpc) is 3.63. The number of anilines is 1. The molecule has 0 saturated heterocycles. The first-order valence-electron chi connectivity index (χ1n) is 12.0. The van der Waals surface area contributed by atoms with Crippen LogP contribution in [0.25, 0.3) is 28.2 Å². The summed E-state index contributed by atoms with van der Waals surface area (Å²) in [4.78, 5) is 25.9. The lowest BCUT2D eigenvalue weighted by Gasteiger charge is -2.22. The molecule has 0 radical (unpaired) electrons. The first-order chi connectivity index (χ1) is 17.6. The fourth-order valence-electron chi connectivity index (χ4n) is 4.96.